The number of carbonyl (C=O) groups is 3. The maximum Gasteiger partial charge on any atom is 0.311 e. The molecule has 2 amide bonds. The van der Waals surface area contributed by atoms with Gasteiger partial charge in [0.15, 0.2) is 6.61 Å². The average molecular weight is 414 g/mol. The lowest BCUT2D eigenvalue weighted by Crippen LogP contribution is -2.28. The molecule has 2 aromatic carbocycles. The first kappa shape index (κ1) is 20.7. The molecule has 1 fully saturated rings. The summed E-state index contributed by atoms with van der Waals surface area (Å²) in [4.78, 5) is 39.4. The number of rotatable bonds is 7. The van der Waals surface area contributed by atoms with E-state index in [1.54, 1.807) is 40.9 Å². The van der Waals surface area contributed by atoms with Crippen molar-refractivity contribution in [1.82, 2.24) is 0 Å². The van der Waals surface area contributed by atoms with Gasteiger partial charge in [0.05, 0.1) is 18.7 Å². The number of ether oxygens (including phenoxy) is 2. The number of esters is 1. The number of para-hydroxylation sites is 2. The molecule has 152 valence electrons. The number of nitrogens with one attached hydrogen (secondary N) is 1. The standard InChI is InChI=1S/C21H22N2O5S/c1-27-18-9-4-3-8-17(18)22-19(24)13-28-21(26)14-10-20(25)23(12-14)15-6-5-7-16(11-15)29-2/h3-9,11,14H,10,12-13H2,1-2H3,(H,22,24)/t14-/m0/s1. The Morgan fingerprint density at radius 2 is 2.00 bits per heavy atom. The van der Waals surface area contributed by atoms with Gasteiger partial charge in [-0.1, -0.05) is 18.2 Å². The van der Waals surface area contributed by atoms with Gasteiger partial charge in [0, 0.05) is 23.5 Å². The normalized spacial score (nSPS) is 15.9. The maximum absolute atomic E-state index is 12.4. The van der Waals surface area contributed by atoms with Crippen molar-refractivity contribution < 1.29 is 23.9 Å². The third kappa shape index (κ3) is 5.08. The first-order valence-electron chi connectivity index (χ1n) is 9.05. The summed E-state index contributed by atoms with van der Waals surface area (Å²) in [6.07, 6.45) is 2.03. The van der Waals surface area contributed by atoms with E-state index in [1.165, 1.54) is 7.11 Å². The Hall–Kier alpha value is -3.00. The Labute approximate surface area is 173 Å². The first-order valence-corrected chi connectivity index (χ1v) is 10.3. The highest BCUT2D eigenvalue weighted by atomic mass is 32.2. The average Bonchev–Trinajstić information content (AvgIpc) is 3.14. The van der Waals surface area contributed by atoms with E-state index < -0.39 is 24.4 Å². The molecule has 0 aliphatic carbocycles. The van der Waals surface area contributed by atoms with Crippen LogP contribution in [0.15, 0.2) is 53.4 Å². The third-order valence-electron chi connectivity index (χ3n) is 4.55. The van der Waals surface area contributed by atoms with E-state index in [0.717, 1.165) is 10.6 Å². The minimum absolute atomic E-state index is 0.0659. The summed E-state index contributed by atoms with van der Waals surface area (Å²) in [6, 6.07) is 14.5. The number of hydrogen-bond donors (Lipinski definition) is 1. The van der Waals surface area contributed by atoms with Crippen LogP contribution in [-0.2, 0) is 19.1 Å². The Bertz CT molecular complexity index is 917. The van der Waals surface area contributed by atoms with Crippen molar-refractivity contribution in [1.29, 1.82) is 0 Å². The fourth-order valence-corrected chi connectivity index (χ4v) is 3.54. The summed E-state index contributed by atoms with van der Waals surface area (Å²) >= 11 is 1.58. The molecule has 0 spiro atoms. The Morgan fingerprint density at radius 3 is 2.76 bits per heavy atom. The van der Waals surface area contributed by atoms with Crippen molar-refractivity contribution in [2.24, 2.45) is 5.92 Å². The van der Waals surface area contributed by atoms with Gasteiger partial charge in [-0.25, -0.2) is 0 Å². The second-order valence-corrected chi connectivity index (χ2v) is 7.34. The number of methoxy groups -OCH3 is 1. The topological polar surface area (TPSA) is 84.9 Å². The number of hydrogen-bond acceptors (Lipinski definition) is 6. The summed E-state index contributed by atoms with van der Waals surface area (Å²) in [5.74, 6) is -1.26. The molecule has 29 heavy (non-hydrogen) atoms. The number of anilines is 2. The van der Waals surface area contributed by atoms with E-state index in [1.807, 2.05) is 30.5 Å². The molecule has 1 N–H and O–H groups in total. The summed E-state index contributed by atoms with van der Waals surface area (Å²) in [6.45, 7) is -0.187. The van der Waals surface area contributed by atoms with Gasteiger partial charge in [-0.15, -0.1) is 11.8 Å². The van der Waals surface area contributed by atoms with Gasteiger partial charge in [-0.2, -0.15) is 0 Å². The molecule has 0 unspecified atom stereocenters. The van der Waals surface area contributed by atoms with Gasteiger partial charge in [0.2, 0.25) is 5.91 Å². The van der Waals surface area contributed by atoms with Crippen LogP contribution in [0.2, 0.25) is 0 Å². The number of nitrogens with zero attached hydrogens (tertiary/aromatic N) is 1. The molecule has 2 aromatic rings. The van der Waals surface area contributed by atoms with Crippen molar-refractivity contribution in [3.63, 3.8) is 0 Å². The molecule has 1 atom stereocenters. The molecule has 1 saturated heterocycles. The Kier molecular flexibility index (Phi) is 6.77. The van der Waals surface area contributed by atoms with Crippen LogP contribution < -0.4 is 15.0 Å². The summed E-state index contributed by atoms with van der Waals surface area (Å²) in [5.41, 5.74) is 1.25. The van der Waals surface area contributed by atoms with E-state index in [4.69, 9.17) is 9.47 Å². The zero-order valence-corrected chi connectivity index (χ0v) is 17.0. The fourth-order valence-electron chi connectivity index (χ4n) is 3.08. The molecule has 1 aliphatic heterocycles. The monoisotopic (exact) mass is 414 g/mol. The van der Waals surface area contributed by atoms with Crippen LogP contribution in [0.25, 0.3) is 0 Å². The van der Waals surface area contributed by atoms with E-state index in [2.05, 4.69) is 5.32 Å². The molecule has 1 heterocycles. The number of amides is 2. The summed E-state index contributed by atoms with van der Waals surface area (Å²) in [5, 5.41) is 2.64. The van der Waals surface area contributed by atoms with Crippen LogP contribution in [0.3, 0.4) is 0 Å². The van der Waals surface area contributed by atoms with Crippen molar-refractivity contribution in [2.75, 3.05) is 36.7 Å². The van der Waals surface area contributed by atoms with Crippen molar-refractivity contribution in [3.8, 4) is 5.75 Å². The lowest BCUT2D eigenvalue weighted by molar-refractivity contribution is -0.151. The van der Waals surface area contributed by atoms with Crippen molar-refractivity contribution >= 4 is 40.9 Å². The SMILES string of the molecule is COc1ccccc1NC(=O)COC(=O)[C@H]1CC(=O)N(c2cccc(SC)c2)C1. The first-order chi connectivity index (χ1) is 14.0. The quantitative estimate of drug-likeness (QED) is 0.554. The van der Waals surface area contributed by atoms with Gasteiger partial charge < -0.3 is 19.7 Å². The number of thioether (sulfide) groups is 1. The summed E-state index contributed by atoms with van der Waals surface area (Å²) < 4.78 is 10.3. The molecule has 8 heteroatoms. The zero-order chi connectivity index (χ0) is 20.8. The van der Waals surface area contributed by atoms with Crippen molar-refractivity contribution in [3.05, 3.63) is 48.5 Å². The largest absolute Gasteiger partial charge is 0.495 e. The molecule has 7 nitrogen and oxygen atoms in total. The van der Waals surface area contributed by atoms with Crippen LogP contribution in [-0.4, -0.2) is 44.3 Å². The summed E-state index contributed by atoms with van der Waals surface area (Å²) in [7, 11) is 1.50. The minimum atomic E-state index is -0.598. The Morgan fingerprint density at radius 1 is 1.21 bits per heavy atom. The lowest BCUT2D eigenvalue weighted by atomic mass is 10.1. The van der Waals surface area contributed by atoms with E-state index in [0.29, 0.717) is 11.4 Å². The van der Waals surface area contributed by atoms with Gasteiger partial charge in [-0.3, -0.25) is 14.4 Å². The number of carbonyl (C=O) groups excluding carboxylic acids is 3. The van der Waals surface area contributed by atoms with Crippen molar-refractivity contribution in [2.45, 2.75) is 11.3 Å². The smallest absolute Gasteiger partial charge is 0.311 e. The van der Waals surface area contributed by atoms with E-state index in [-0.39, 0.29) is 18.9 Å². The number of benzene rings is 2. The third-order valence-corrected chi connectivity index (χ3v) is 5.28. The molecule has 0 bridgehead atoms. The zero-order valence-electron chi connectivity index (χ0n) is 16.2. The van der Waals surface area contributed by atoms with E-state index in [9.17, 15) is 14.4 Å². The molecule has 0 saturated carbocycles. The molecule has 0 aromatic heterocycles. The molecule has 0 radical (unpaired) electrons. The fraction of sp³-hybridized carbons (Fsp3) is 0.286. The highest BCUT2D eigenvalue weighted by Crippen LogP contribution is 2.29. The van der Waals surface area contributed by atoms with Crippen LogP contribution in [0.4, 0.5) is 11.4 Å². The van der Waals surface area contributed by atoms with Gasteiger partial charge in [0.25, 0.3) is 5.91 Å². The highest BCUT2D eigenvalue weighted by molar-refractivity contribution is 7.98. The lowest BCUT2D eigenvalue weighted by Gasteiger charge is -2.17. The highest BCUT2D eigenvalue weighted by Gasteiger charge is 2.36. The molecular formula is C21H22N2O5S. The van der Waals surface area contributed by atoms with Crippen LogP contribution >= 0.6 is 11.8 Å². The second kappa shape index (κ2) is 9.47. The molecule has 3 rings (SSSR count). The predicted molar refractivity (Wildman–Crippen MR) is 111 cm³/mol. The van der Waals surface area contributed by atoms with Gasteiger partial charge in [-0.05, 0) is 36.6 Å². The van der Waals surface area contributed by atoms with Crippen LogP contribution in [0.5, 0.6) is 5.75 Å². The second-order valence-electron chi connectivity index (χ2n) is 6.46. The minimum Gasteiger partial charge on any atom is -0.495 e. The van der Waals surface area contributed by atoms with E-state index >= 15 is 0 Å². The van der Waals surface area contributed by atoms with Crippen LogP contribution in [0, 0.1) is 5.92 Å². The van der Waals surface area contributed by atoms with Gasteiger partial charge >= 0.3 is 5.97 Å². The van der Waals surface area contributed by atoms with Gasteiger partial charge in [0.1, 0.15) is 5.75 Å². The molecule has 1 aliphatic rings. The Balaban J connectivity index is 1.54. The maximum atomic E-state index is 12.4. The van der Waals surface area contributed by atoms with Crippen LogP contribution in [0.1, 0.15) is 6.42 Å². The predicted octanol–water partition coefficient (Wildman–Crippen LogP) is 2.95. The molecular weight excluding hydrogens is 392 g/mol.